The first kappa shape index (κ1) is 19.5. The molecule has 6 heteroatoms. The molecule has 4 rings (SSSR count). The third-order valence-electron chi connectivity index (χ3n) is 6.26. The third kappa shape index (κ3) is 3.84. The summed E-state index contributed by atoms with van der Waals surface area (Å²) >= 11 is 1.40. The Kier molecular flexibility index (Phi) is 5.76. The predicted octanol–water partition coefficient (Wildman–Crippen LogP) is 4.11. The number of aromatic nitrogens is 2. The zero-order valence-corrected chi connectivity index (χ0v) is 17.6. The fourth-order valence-electron chi connectivity index (χ4n) is 4.73. The highest BCUT2D eigenvalue weighted by atomic mass is 32.2. The molecule has 1 amide bonds. The lowest BCUT2D eigenvalue weighted by molar-refractivity contribution is -0.131. The summed E-state index contributed by atoms with van der Waals surface area (Å²) in [6, 6.07) is 7.43. The third-order valence-corrected chi connectivity index (χ3v) is 7.20. The molecule has 0 spiro atoms. The molecular formula is C22H29N3O2S. The summed E-state index contributed by atoms with van der Waals surface area (Å²) in [5.74, 6) is 2.02. The number of hydrogen-bond acceptors (Lipinski definition) is 4. The summed E-state index contributed by atoms with van der Waals surface area (Å²) in [4.78, 5) is 32.5. The Morgan fingerprint density at radius 1 is 1.18 bits per heavy atom. The Balaban J connectivity index is 1.50. The number of likely N-dealkylation sites (tertiary alicyclic amines) is 1. The van der Waals surface area contributed by atoms with Gasteiger partial charge in [0, 0.05) is 19.1 Å². The number of benzene rings is 1. The number of thioether (sulfide) groups is 1. The predicted molar refractivity (Wildman–Crippen MR) is 114 cm³/mol. The van der Waals surface area contributed by atoms with E-state index in [0.717, 1.165) is 25.4 Å². The number of carbonyl (C=O) groups is 1. The lowest BCUT2D eigenvalue weighted by Crippen LogP contribution is -2.45. The number of nitrogens with zero attached hydrogens (tertiary/aromatic N) is 3. The van der Waals surface area contributed by atoms with Gasteiger partial charge in [-0.1, -0.05) is 43.2 Å². The van der Waals surface area contributed by atoms with Gasteiger partial charge in [-0.15, -0.1) is 0 Å². The minimum absolute atomic E-state index is 0.000178. The average molecular weight is 400 g/mol. The molecule has 1 aliphatic carbocycles. The summed E-state index contributed by atoms with van der Waals surface area (Å²) < 4.78 is 1.72. The van der Waals surface area contributed by atoms with Crippen LogP contribution in [-0.4, -0.2) is 39.2 Å². The Morgan fingerprint density at radius 2 is 1.93 bits per heavy atom. The van der Waals surface area contributed by atoms with Gasteiger partial charge in [0.15, 0.2) is 5.16 Å². The van der Waals surface area contributed by atoms with Gasteiger partial charge in [0.25, 0.3) is 5.56 Å². The molecule has 1 aromatic carbocycles. The minimum Gasteiger partial charge on any atom is -0.342 e. The first-order valence-electron chi connectivity index (χ1n) is 10.5. The van der Waals surface area contributed by atoms with Gasteiger partial charge in [0.2, 0.25) is 5.91 Å². The van der Waals surface area contributed by atoms with Gasteiger partial charge >= 0.3 is 0 Å². The van der Waals surface area contributed by atoms with E-state index in [4.69, 9.17) is 4.98 Å². The molecule has 2 atom stereocenters. The largest absolute Gasteiger partial charge is 0.342 e. The molecule has 1 aliphatic heterocycles. The van der Waals surface area contributed by atoms with E-state index >= 15 is 0 Å². The molecule has 0 bridgehead atoms. The highest BCUT2D eigenvalue weighted by Gasteiger charge is 2.32. The average Bonchev–Trinajstić information content (AvgIpc) is 2.71. The summed E-state index contributed by atoms with van der Waals surface area (Å²) in [5, 5.41) is 1.27. The number of fused-ring (bicyclic) bond motifs is 2. The van der Waals surface area contributed by atoms with Gasteiger partial charge in [-0.25, -0.2) is 4.98 Å². The zero-order chi connectivity index (χ0) is 19.7. The molecule has 1 saturated heterocycles. The number of amides is 1. The highest BCUT2D eigenvalue weighted by Crippen LogP contribution is 2.36. The van der Waals surface area contributed by atoms with Crippen LogP contribution in [0.5, 0.6) is 0 Å². The van der Waals surface area contributed by atoms with Crippen molar-refractivity contribution in [1.29, 1.82) is 0 Å². The lowest BCUT2D eigenvalue weighted by atomic mass is 9.75. The van der Waals surface area contributed by atoms with Crippen molar-refractivity contribution in [1.82, 2.24) is 14.5 Å². The summed E-state index contributed by atoms with van der Waals surface area (Å²) in [6.07, 6.45) is 6.40. The van der Waals surface area contributed by atoms with Gasteiger partial charge in [0.1, 0.15) is 0 Å². The minimum atomic E-state index is -0.0291. The maximum atomic E-state index is 12.9. The van der Waals surface area contributed by atoms with Crippen LogP contribution in [-0.2, 0) is 4.79 Å². The monoisotopic (exact) mass is 399 g/mol. The van der Waals surface area contributed by atoms with Crippen LogP contribution in [0.4, 0.5) is 0 Å². The Morgan fingerprint density at radius 3 is 2.71 bits per heavy atom. The highest BCUT2D eigenvalue weighted by molar-refractivity contribution is 7.99. The van der Waals surface area contributed by atoms with E-state index in [1.54, 1.807) is 4.57 Å². The van der Waals surface area contributed by atoms with Crippen LogP contribution in [0.25, 0.3) is 10.9 Å². The van der Waals surface area contributed by atoms with Gasteiger partial charge < -0.3 is 4.90 Å². The molecule has 2 fully saturated rings. The van der Waals surface area contributed by atoms with E-state index in [2.05, 4.69) is 0 Å². The molecule has 0 radical (unpaired) electrons. The van der Waals surface area contributed by atoms with Crippen LogP contribution in [0.2, 0.25) is 0 Å². The van der Waals surface area contributed by atoms with Crippen molar-refractivity contribution in [3.05, 3.63) is 34.6 Å². The van der Waals surface area contributed by atoms with Gasteiger partial charge in [-0.2, -0.15) is 0 Å². The Labute approximate surface area is 170 Å². The molecule has 28 heavy (non-hydrogen) atoms. The van der Waals surface area contributed by atoms with E-state index in [1.165, 1.54) is 37.4 Å². The quantitative estimate of drug-likeness (QED) is 0.573. The van der Waals surface area contributed by atoms with Crippen molar-refractivity contribution in [3.63, 3.8) is 0 Å². The molecule has 2 heterocycles. The maximum Gasteiger partial charge on any atom is 0.262 e. The second kappa shape index (κ2) is 8.27. The van der Waals surface area contributed by atoms with Crippen LogP contribution in [0, 0.1) is 11.8 Å². The Hall–Kier alpha value is -1.82. The number of para-hydroxylation sites is 1. The number of piperidine rings is 1. The van der Waals surface area contributed by atoms with E-state index in [9.17, 15) is 9.59 Å². The maximum absolute atomic E-state index is 12.9. The van der Waals surface area contributed by atoms with E-state index < -0.39 is 0 Å². The fraction of sp³-hybridized carbons (Fsp3) is 0.591. The molecule has 1 aromatic heterocycles. The Bertz CT molecular complexity index is 924. The molecule has 0 N–H and O–H groups in total. The molecule has 1 saturated carbocycles. The second-order valence-corrected chi connectivity index (χ2v) is 9.34. The lowest BCUT2D eigenvalue weighted by Gasteiger charge is -2.41. The number of hydrogen-bond donors (Lipinski definition) is 0. The van der Waals surface area contributed by atoms with Crippen LogP contribution >= 0.6 is 11.8 Å². The topological polar surface area (TPSA) is 55.2 Å². The number of carbonyl (C=O) groups excluding carboxylic acids is 1. The van der Waals surface area contributed by atoms with Crippen molar-refractivity contribution in [2.45, 2.75) is 57.1 Å². The molecule has 2 aromatic rings. The number of rotatable bonds is 4. The SMILES string of the molecule is CC(C)n1c(SCC(=O)N2CC[C@H]3CCCC[C@H]3C2)nc2ccccc2c1=O. The smallest absolute Gasteiger partial charge is 0.262 e. The van der Waals surface area contributed by atoms with Crippen molar-refractivity contribution >= 4 is 28.6 Å². The van der Waals surface area contributed by atoms with E-state index in [1.807, 2.05) is 43.0 Å². The van der Waals surface area contributed by atoms with Gasteiger partial charge in [-0.05, 0) is 50.7 Å². The van der Waals surface area contributed by atoms with Crippen LogP contribution in [0.1, 0.15) is 52.0 Å². The summed E-state index contributed by atoms with van der Waals surface area (Å²) in [5.41, 5.74) is 0.668. The standard InChI is InChI=1S/C22H29N3O2S/c1-15(2)25-21(27)18-9-5-6-10-19(18)23-22(25)28-14-20(26)24-12-11-16-7-3-4-8-17(16)13-24/h5-6,9-10,15-17H,3-4,7-8,11-14H2,1-2H3/t16-,17+/m1/s1. The van der Waals surface area contributed by atoms with Crippen LogP contribution in [0.15, 0.2) is 34.2 Å². The summed E-state index contributed by atoms with van der Waals surface area (Å²) in [7, 11) is 0. The fourth-order valence-corrected chi connectivity index (χ4v) is 5.76. The van der Waals surface area contributed by atoms with Gasteiger partial charge in [-0.3, -0.25) is 14.2 Å². The van der Waals surface area contributed by atoms with E-state index in [0.29, 0.717) is 27.7 Å². The van der Waals surface area contributed by atoms with Crippen molar-refractivity contribution < 1.29 is 4.79 Å². The van der Waals surface area contributed by atoms with Crippen molar-refractivity contribution in [3.8, 4) is 0 Å². The normalized spacial score (nSPS) is 22.5. The zero-order valence-electron chi connectivity index (χ0n) is 16.8. The van der Waals surface area contributed by atoms with Crippen molar-refractivity contribution in [2.75, 3.05) is 18.8 Å². The molecule has 2 aliphatic rings. The second-order valence-electron chi connectivity index (χ2n) is 8.40. The first-order chi connectivity index (χ1) is 13.5. The van der Waals surface area contributed by atoms with Crippen LogP contribution < -0.4 is 5.56 Å². The van der Waals surface area contributed by atoms with E-state index in [-0.39, 0.29) is 17.5 Å². The summed E-state index contributed by atoms with van der Waals surface area (Å²) in [6.45, 7) is 5.75. The van der Waals surface area contributed by atoms with Crippen LogP contribution in [0.3, 0.4) is 0 Å². The molecule has 5 nitrogen and oxygen atoms in total. The first-order valence-corrected chi connectivity index (χ1v) is 11.4. The molecular weight excluding hydrogens is 370 g/mol. The van der Waals surface area contributed by atoms with Crippen molar-refractivity contribution in [2.24, 2.45) is 11.8 Å². The molecule has 0 unspecified atom stereocenters. The van der Waals surface area contributed by atoms with Gasteiger partial charge in [0.05, 0.1) is 16.7 Å². The molecule has 150 valence electrons.